The van der Waals surface area contributed by atoms with Gasteiger partial charge in [-0.3, -0.25) is 9.36 Å². The van der Waals surface area contributed by atoms with Crippen molar-refractivity contribution in [2.24, 2.45) is 0 Å². The highest BCUT2D eigenvalue weighted by atomic mass is 35.5. The predicted molar refractivity (Wildman–Crippen MR) is 120 cm³/mol. The van der Waals surface area contributed by atoms with E-state index in [1.54, 1.807) is 31.2 Å². The third-order valence-corrected chi connectivity index (χ3v) is 6.44. The average molecular weight is 492 g/mol. The molecule has 0 aliphatic carbocycles. The number of piperazine rings is 1. The van der Waals surface area contributed by atoms with Gasteiger partial charge in [0.2, 0.25) is 5.95 Å². The van der Waals surface area contributed by atoms with E-state index in [1.165, 1.54) is 12.3 Å². The molecule has 3 aromatic rings. The molecule has 0 spiro atoms. The number of hydrogen-bond acceptors (Lipinski definition) is 6. The number of carbonyl (C=O) groups excluding carboxylic acids is 1. The van der Waals surface area contributed by atoms with Crippen LogP contribution in [-0.2, 0) is 11.3 Å². The van der Waals surface area contributed by atoms with Crippen LogP contribution >= 0.6 is 11.6 Å². The summed E-state index contributed by atoms with van der Waals surface area (Å²) < 4.78 is 41.7. The molecule has 1 atom stereocenters. The number of carbonyl (C=O) groups is 1. The lowest BCUT2D eigenvalue weighted by Crippen LogP contribution is -2.47. The monoisotopic (exact) mass is 491 g/mol. The van der Waals surface area contributed by atoms with Gasteiger partial charge in [-0.05, 0) is 42.8 Å². The number of anilines is 2. The van der Waals surface area contributed by atoms with Crippen molar-refractivity contribution in [3.8, 4) is 5.69 Å². The molecule has 1 aromatic carbocycles. The molecule has 178 valence electrons. The van der Waals surface area contributed by atoms with Gasteiger partial charge in [0.1, 0.15) is 11.6 Å². The minimum Gasteiger partial charge on any atom is -0.353 e. The summed E-state index contributed by atoms with van der Waals surface area (Å²) in [5.41, 5.74) is 1.32. The second-order valence-corrected chi connectivity index (χ2v) is 8.65. The van der Waals surface area contributed by atoms with E-state index in [4.69, 9.17) is 11.6 Å². The zero-order valence-corrected chi connectivity index (χ0v) is 19.0. The number of halogens is 4. The second-order valence-electron chi connectivity index (χ2n) is 8.22. The largest absolute Gasteiger partial charge is 0.353 e. The van der Waals surface area contributed by atoms with Gasteiger partial charge in [0.05, 0.1) is 17.9 Å². The number of amides is 1. The smallest absolute Gasteiger partial charge is 0.315 e. The Labute approximate surface area is 198 Å². The van der Waals surface area contributed by atoms with Gasteiger partial charge in [0.15, 0.2) is 5.82 Å². The first-order valence-corrected chi connectivity index (χ1v) is 11.2. The molecule has 1 fully saturated rings. The third-order valence-electron chi connectivity index (χ3n) is 6.20. The molecule has 2 aromatic heterocycles. The van der Waals surface area contributed by atoms with Crippen LogP contribution in [0.2, 0.25) is 5.02 Å². The molecule has 2 aliphatic rings. The van der Waals surface area contributed by atoms with Crippen molar-refractivity contribution < 1.29 is 18.0 Å². The highest BCUT2D eigenvalue weighted by Crippen LogP contribution is 2.36. The first-order chi connectivity index (χ1) is 16.3. The van der Waals surface area contributed by atoms with Crippen molar-refractivity contribution in [2.75, 3.05) is 36.0 Å². The van der Waals surface area contributed by atoms with Gasteiger partial charge in [0, 0.05) is 37.7 Å². The van der Waals surface area contributed by atoms with E-state index in [9.17, 15) is 18.0 Å². The maximum Gasteiger partial charge on any atom is 0.315 e. The topological polar surface area (TPSA) is 70.4 Å². The number of hydrogen-bond donors (Lipinski definition) is 0. The Morgan fingerprint density at radius 2 is 1.82 bits per heavy atom. The van der Waals surface area contributed by atoms with Crippen molar-refractivity contribution in [1.82, 2.24) is 24.6 Å². The van der Waals surface area contributed by atoms with Crippen LogP contribution in [0.15, 0.2) is 36.5 Å². The fourth-order valence-electron chi connectivity index (χ4n) is 4.44. The van der Waals surface area contributed by atoms with E-state index in [0.29, 0.717) is 60.0 Å². The van der Waals surface area contributed by atoms with Crippen LogP contribution in [0.25, 0.3) is 5.69 Å². The molecular weight excluding hydrogens is 471 g/mol. The standard InChI is InChI=1S/C22H21ClF3N7O/c1-13-20-28-29-22(31-8-6-30(7-9-31)18-5-3-16(24)11-27-18)33(20)17-4-2-15(23)10-14(17)12-32(13)21(34)19(25)26/h2-5,10-11,13,19H,6-9,12H2,1H3. The van der Waals surface area contributed by atoms with Crippen molar-refractivity contribution in [3.05, 3.63) is 58.8 Å². The minimum atomic E-state index is -3.13. The molecule has 0 N–H and O–H groups in total. The molecule has 34 heavy (non-hydrogen) atoms. The Balaban J connectivity index is 1.49. The first kappa shape index (κ1) is 22.5. The summed E-state index contributed by atoms with van der Waals surface area (Å²) in [7, 11) is 0. The summed E-state index contributed by atoms with van der Waals surface area (Å²) in [5.74, 6) is -0.00953. The molecule has 1 amide bonds. The number of alkyl halides is 2. The second kappa shape index (κ2) is 8.79. The Hall–Kier alpha value is -3.34. The van der Waals surface area contributed by atoms with E-state index in [0.717, 1.165) is 4.90 Å². The van der Waals surface area contributed by atoms with Crippen LogP contribution in [-0.4, -0.2) is 63.2 Å². The zero-order valence-electron chi connectivity index (χ0n) is 18.2. The summed E-state index contributed by atoms with van der Waals surface area (Å²) in [6.07, 6.45) is -1.94. The predicted octanol–water partition coefficient (Wildman–Crippen LogP) is 3.45. The summed E-state index contributed by atoms with van der Waals surface area (Å²) >= 11 is 6.19. The van der Waals surface area contributed by atoms with E-state index in [1.807, 2.05) is 9.47 Å². The number of nitrogens with zero attached hydrogens (tertiary/aromatic N) is 7. The van der Waals surface area contributed by atoms with Crippen molar-refractivity contribution in [1.29, 1.82) is 0 Å². The molecule has 2 aliphatic heterocycles. The molecule has 1 unspecified atom stereocenters. The van der Waals surface area contributed by atoms with E-state index >= 15 is 0 Å². The number of pyridine rings is 1. The Morgan fingerprint density at radius 3 is 2.50 bits per heavy atom. The van der Waals surface area contributed by atoms with Gasteiger partial charge in [0.25, 0.3) is 5.91 Å². The van der Waals surface area contributed by atoms with Crippen LogP contribution < -0.4 is 9.80 Å². The normalized spacial score (nSPS) is 18.1. The number of rotatable bonds is 3. The molecule has 8 nitrogen and oxygen atoms in total. The Bertz CT molecular complexity index is 1210. The Kier molecular flexibility index (Phi) is 5.80. The van der Waals surface area contributed by atoms with E-state index < -0.39 is 18.4 Å². The molecule has 1 saturated heterocycles. The van der Waals surface area contributed by atoms with Crippen LogP contribution in [0.3, 0.4) is 0 Å². The highest BCUT2D eigenvalue weighted by Gasteiger charge is 2.36. The molecule has 0 saturated carbocycles. The zero-order chi connectivity index (χ0) is 24.0. The average Bonchev–Trinajstić information content (AvgIpc) is 3.22. The van der Waals surface area contributed by atoms with Gasteiger partial charge >= 0.3 is 6.43 Å². The Morgan fingerprint density at radius 1 is 1.09 bits per heavy atom. The van der Waals surface area contributed by atoms with Crippen LogP contribution in [0, 0.1) is 5.82 Å². The summed E-state index contributed by atoms with van der Waals surface area (Å²) in [4.78, 5) is 21.7. The molecule has 4 heterocycles. The number of aromatic nitrogens is 4. The minimum absolute atomic E-state index is 0.0208. The van der Waals surface area contributed by atoms with Gasteiger partial charge in [-0.1, -0.05) is 11.6 Å². The van der Waals surface area contributed by atoms with E-state index in [-0.39, 0.29) is 12.4 Å². The number of benzene rings is 1. The fraction of sp³-hybridized carbons (Fsp3) is 0.364. The van der Waals surface area contributed by atoms with E-state index in [2.05, 4.69) is 20.1 Å². The quantitative estimate of drug-likeness (QED) is 0.559. The van der Waals surface area contributed by atoms with Gasteiger partial charge in [-0.25, -0.2) is 9.37 Å². The molecule has 5 rings (SSSR count). The first-order valence-electron chi connectivity index (χ1n) is 10.8. The van der Waals surface area contributed by atoms with Gasteiger partial charge in [-0.2, -0.15) is 8.78 Å². The maximum absolute atomic E-state index is 13.3. The third kappa shape index (κ3) is 3.93. The highest BCUT2D eigenvalue weighted by molar-refractivity contribution is 6.30. The van der Waals surface area contributed by atoms with Gasteiger partial charge in [-0.15, -0.1) is 10.2 Å². The lowest BCUT2D eigenvalue weighted by molar-refractivity contribution is -0.146. The van der Waals surface area contributed by atoms with Crippen molar-refractivity contribution in [2.45, 2.75) is 25.9 Å². The van der Waals surface area contributed by atoms with Crippen molar-refractivity contribution >= 4 is 29.3 Å². The summed E-state index contributed by atoms with van der Waals surface area (Å²) in [6, 6.07) is 7.47. The SMILES string of the molecule is CC1c2nnc(N3CCN(c4ccc(F)cn4)CC3)n2-c2ccc(Cl)cc2CN1C(=O)C(F)F. The summed E-state index contributed by atoms with van der Waals surface area (Å²) in [6.45, 7) is 4.07. The molecule has 0 bridgehead atoms. The summed E-state index contributed by atoms with van der Waals surface area (Å²) in [5, 5.41) is 9.12. The maximum atomic E-state index is 13.3. The lowest BCUT2D eigenvalue weighted by Gasteiger charge is -2.36. The van der Waals surface area contributed by atoms with Crippen LogP contribution in [0.1, 0.15) is 24.4 Å². The van der Waals surface area contributed by atoms with Crippen LogP contribution in [0.5, 0.6) is 0 Å². The lowest BCUT2D eigenvalue weighted by atomic mass is 10.1. The van der Waals surface area contributed by atoms with Gasteiger partial charge < -0.3 is 14.7 Å². The van der Waals surface area contributed by atoms with Crippen LogP contribution in [0.4, 0.5) is 24.9 Å². The molecule has 0 radical (unpaired) electrons. The molecular formula is C22H21ClF3N7O. The number of fused-ring (bicyclic) bond motifs is 3. The molecule has 12 heteroatoms. The fourth-order valence-corrected chi connectivity index (χ4v) is 4.63. The van der Waals surface area contributed by atoms with Crippen molar-refractivity contribution in [3.63, 3.8) is 0 Å².